The van der Waals surface area contributed by atoms with Crippen molar-refractivity contribution < 1.29 is 18.4 Å². The molecule has 0 saturated carbocycles. The van der Waals surface area contributed by atoms with Gasteiger partial charge < -0.3 is 5.32 Å². The minimum absolute atomic E-state index is 0.0389. The molecule has 0 spiro atoms. The molecule has 1 N–H and O–H groups in total. The minimum atomic E-state index is -1.15. The molecule has 3 aromatic rings. The molecule has 0 radical (unpaired) electrons. The van der Waals surface area contributed by atoms with E-state index in [9.17, 15) is 18.4 Å². The van der Waals surface area contributed by atoms with Gasteiger partial charge >= 0.3 is 0 Å². The molecule has 1 aliphatic heterocycles. The summed E-state index contributed by atoms with van der Waals surface area (Å²) in [4.78, 5) is 27.7. The lowest BCUT2D eigenvalue weighted by Crippen LogP contribution is -2.32. The molecule has 0 fully saturated rings. The zero-order chi connectivity index (χ0) is 23.2. The van der Waals surface area contributed by atoms with Crippen LogP contribution in [0.3, 0.4) is 0 Å². The minimum Gasteiger partial charge on any atom is -0.350 e. The summed E-state index contributed by atoms with van der Waals surface area (Å²) in [6.07, 6.45) is 0. The van der Waals surface area contributed by atoms with E-state index in [1.807, 2.05) is 32.9 Å². The molecule has 4 rings (SSSR count). The van der Waals surface area contributed by atoms with Crippen molar-refractivity contribution in [3.8, 4) is 0 Å². The number of hydrogen-bond acceptors (Lipinski definition) is 3. The van der Waals surface area contributed by atoms with Gasteiger partial charge in [-0.1, -0.05) is 41.4 Å². The van der Waals surface area contributed by atoms with Crippen LogP contribution in [-0.4, -0.2) is 11.8 Å². The summed E-state index contributed by atoms with van der Waals surface area (Å²) in [5, 5.41) is 3.52. The maximum atomic E-state index is 13.9. The predicted octanol–water partition coefficient (Wildman–Crippen LogP) is 5.94. The Morgan fingerprint density at radius 1 is 0.812 bits per heavy atom. The molecule has 4 nitrogen and oxygen atoms in total. The highest BCUT2D eigenvalue weighted by molar-refractivity contribution is 6.46. The smallest absolute Gasteiger partial charge is 0.282 e. The number of amides is 2. The second-order valence-corrected chi connectivity index (χ2v) is 8.13. The second kappa shape index (κ2) is 8.20. The highest BCUT2D eigenvalue weighted by Crippen LogP contribution is 2.36. The Morgan fingerprint density at radius 2 is 1.56 bits per heavy atom. The van der Waals surface area contributed by atoms with Crippen molar-refractivity contribution in [2.45, 2.75) is 20.8 Å². The fourth-order valence-corrected chi connectivity index (χ4v) is 3.88. The SMILES string of the molecule is Cc1ccc(C2=C(Nc3cc(Cl)ccc3C)C(=O)N(c3ccc(F)c(F)c3)C2=O)c(C)c1. The molecule has 0 aromatic heterocycles. The second-order valence-electron chi connectivity index (χ2n) is 7.70. The fourth-order valence-electron chi connectivity index (χ4n) is 3.71. The number of imide groups is 1. The van der Waals surface area contributed by atoms with Crippen molar-refractivity contribution in [2.24, 2.45) is 0 Å². The Balaban J connectivity index is 1.89. The third-order valence-electron chi connectivity index (χ3n) is 5.36. The number of halogens is 3. The lowest BCUT2D eigenvalue weighted by atomic mass is 9.97. The molecule has 0 aliphatic carbocycles. The van der Waals surface area contributed by atoms with Crippen molar-refractivity contribution in [1.29, 1.82) is 0 Å². The van der Waals surface area contributed by atoms with Crippen LogP contribution >= 0.6 is 11.6 Å². The Labute approximate surface area is 189 Å². The molecule has 32 heavy (non-hydrogen) atoms. The van der Waals surface area contributed by atoms with Crippen molar-refractivity contribution in [2.75, 3.05) is 10.2 Å². The van der Waals surface area contributed by atoms with E-state index in [2.05, 4.69) is 5.32 Å². The molecule has 0 bridgehead atoms. The van der Waals surface area contributed by atoms with Gasteiger partial charge in [0.05, 0.1) is 11.3 Å². The number of aryl methyl sites for hydroxylation is 3. The van der Waals surface area contributed by atoms with Crippen molar-refractivity contribution >= 4 is 40.4 Å². The van der Waals surface area contributed by atoms with Crippen LogP contribution < -0.4 is 10.2 Å². The maximum absolute atomic E-state index is 13.9. The molecular weight excluding hydrogens is 434 g/mol. The van der Waals surface area contributed by atoms with Crippen molar-refractivity contribution in [3.05, 3.63) is 99.2 Å². The summed E-state index contributed by atoms with van der Waals surface area (Å²) in [5.41, 5.74) is 3.88. The van der Waals surface area contributed by atoms with Gasteiger partial charge in [0, 0.05) is 16.8 Å². The molecule has 0 saturated heterocycles. The van der Waals surface area contributed by atoms with Crippen LogP contribution in [0.5, 0.6) is 0 Å². The van der Waals surface area contributed by atoms with Gasteiger partial charge in [-0.15, -0.1) is 0 Å². The third kappa shape index (κ3) is 3.78. The Kier molecular flexibility index (Phi) is 5.57. The van der Waals surface area contributed by atoms with E-state index in [-0.39, 0.29) is 17.0 Å². The summed E-state index contributed by atoms with van der Waals surface area (Å²) in [6.45, 7) is 5.61. The summed E-state index contributed by atoms with van der Waals surface area (Å²) < 4.78 is 27.3. The standard InChI is InChI=1S/C25H19ClF2N2O2/c1-13-4-8-18(15(3)10-13)22-23(29-21-11-16(26)6-5-14(21)2)25(32)30(24(22)31)17-7-9-19(27)20(28)12-17/h4-12,29H,1-3H3. The highest BCUT2D eigenvalue weighted by atomic mass is 35.5. The van der Waals surface area contributed by atoms with Gasteiger partial charge in [-0.05, 0) is 61.7 Å². The molecule has 3 aromatic carbocycles. The largest absolute Gasteiger partial charge is 0.350 e. The van der Waals surface area contributed by atoms with E-state index in [0.717, 1.165) is 33.7 Å². The fraction of sp³-hybridized carbons (Fsp3) is 0.120. The van der Waals surface area contributed by atoms with E-state index >= 15 is 0 Å². The third-order valence-corrected chi connectivity index (χ3v) is 5.59. The van der Waals surface area contributed by atoms with Crippen LogP contribution in [0.1, 0.15) is 22.3 Å². The number of hydrogen-bond donors (Lipinski definition) is 1. The summed E-state index contributed by atoms with van der Waals surface area (Å²) in [5.74, 6) is -3.52. The average Bonchev–Trinajstić information content (AvgIpc) is 2.97. The molecule has 7 heteroatoms. The summed E-state index contributed by atoms with van der Waals surface area (Å²) in [7, 11) is 0. The highest BCUT2D eigenvalue weighted by Gasteiger charge is 2.41. The van der Waals surface area contributed by atoms with Gasteiger partial charge in [0.2, 0.25) is 0 Å². The van der Waals surface area contributed by atoms with Crippen molar-refractivity contribution in [1.82, 2.24) is 0 Å². The Morgan fingerprint density at radius 3 is 2.25 bits per heavy atom. The van der Waals surface area contributed by atoms with Gasteiger partial charge in [-0.2, -0.15) is 0 Å². The first-order valence-corrected chi connectivity index (χ1v) is 10.2. The van der Waals surface area contributed by atoms with E-state index in [1.54, 1.807) is 24.3 Å². The molecule has 2 amide bonds. The van der Waals surface area contributed by atoms with Crippen LogP contribution in [0, 0.1) is 32.4 Å². The number of nitrogens with zero attached hydrogens (tertiary/aromatic N) is 1. The first-order valence-electron chi connectivity index (χ1n) is 9.86. The Hall–Kier alpha value is -3.51. The average molecular weight is 453 g/mol. The number of anilines is 2. The van der Waals surface area contributed by atoms with Crippen LogP contribution in [0.15, 0.2) is 60.3 Å². The van der Waals surface area contributed by atoms with Gasteiger partial charge in [-0.3, -0.25) is 9.59 Å². The van der Waals surface area contributed by atoms with E-state index < -0.39 is 23.4 Å². The van der Waals surface area contributed by atoms with Gasteiger partial charge in [0.25, 0.3) is 11.8 Å². The zero-order valence-electron chi connectivity index (χ0n) is 17.6. The summed E-state index contributed by atoms with van der Waals surface area (Å²) in [6, 6.07) is 13.6. The number of benzene rings is 3. The lowest BCUT2D eigenvalue weighted by Gasteiger charge is -2.16. The number of carbonyl (C=O) groups is 2. The van der Waals surface area contributed by atoms with E-state index in [4.69, 9.17) is 11.6 Å². The molecule has 0 unspecified atom stereocenters. The van der Waals surface area contributed by atoms with Gasteiger partial charge in [0.1, 0.15) is 5.70 Å². The number of carbonyl (C=O) groups excluding carboxylic acids is 2. The molecule has 0 atom stereocenters. The van der Waals surface area contributed by atoms with Crippen LogP contribution in [-0.2, 0) is 9.59 Å². The zero-order valence-corrected chi connectivity index (χ0v) is 18.3. The van der Waals surface area contributed by atoms with Crippen molar-refractivity contribution in [3.63, 3.8) is 0 Å². The quantitative estimate of drug-likeness (QED) is 0.498. The maximum Gasteiger partial charge on any atom is 0.282 e. The molecule has 162 valence electrons. The monoisotopic (exact) mass is 452 g/mol. The topological polar surface area (TPSA) is 49.4 Å². The van der Waals surface area contributed by atoms with Gasteiger partial charge in [-0.25, -0.2) is 13.7 Å². The van der Waals surface area contributed by atoms with E-state index in [1.165, 1.54) is 6.07 Å². The first-order chi connectivity index (χ1) is 15.2. The van der Waals surface area contributed by atoms with Crippen LogP contribution in [0.4, 0.5) is 20.2 Å². The van der Waals surface area contributed by atoms with E-state index in [0.29, 0.717) is 16.3 Å². The first kappa shape index (κ1) is 21.7. The predicted molar refractivity (Wildman–Crippen MR) is 121 cm³/mol. The number of nitrogens with one attached hydrogen (secondary N) is 1. The lowest BCUT2D eigenvalue weighted by molar-refractivity contribution is -0.120. The van der Waals surface area contributed by atoms with Crippen LogP contribution in [0.25, 0.3) is 5.57 Å². The normalized spacial score (nSPS) is 13.9. The Bertz CT molecular complexity index is 1320. The number of rotatable bonds is 4. The summed E-state index contributed by atoms with van der Waals surface area (Å²) >= 11 is 6.12. The molecule has 1 heterocycles. The van der Waals surface area contributed by atoms with Crippen LogP contribution in [0.2, 0.25) is 5.02 Å². The molecule has 1 aliphatic rings. The molecular formula is C25H19ClF2N2O2. The van der Waals surface area contributed by atoms with Gasteiger partial charge in [0.15, 0.2) is 11.6 Å².